The third-order valence-corrected chi connectivity index (χ3v) is 4.79. The first-order valence-corrected chi connectivity index (χ1v) is 8.10. The molecule has 4 nitrogen and oxygen atoms in total. The molecule has 7 heteroatoms. The zero-order chi connectivity index (χ0) is 15.6. The Labute approximate surface area is 130 Å². The van der Waals surface area contributed by atoms with E-state index < -0.39 is 15.8 Å². The summed E-state index contributed by atoms with van der Waals surface area (Å²) in [5, 5.41) is 8.85. The van der Waals surface area contributed by atoms with Crippen molar-refractivity contribution >= 4 is 31.6 Å². The van der Waals surface area contributed by atoms with Gasteiger partial charge in [-0.2, -0.15) is 5.26 Å². The minimum atomic E-state index is -3.79. The van der Waals surface area contributed by atoms with Gasteiger partial charge in [0.2, 0.25) is 0 Å². The molecule has 1 N–H and O–H groups in total. The van der Waals surface area contributed by atoms with Gasteiger partial charge in [0.25, 0.3) is 10.0 Å². The number of hydrogen-bond donors (Lipinski definition) is 1. The van der Waals surface area contributed by atoms with Gasteiger partial charge in [0.15, 0.2) is 0 Å². The monoisotopic (exact) mass is 368 g/mol. The molecule has 0 spiro atoms. The summed E-state index contributed by atoms with van der Waals surface area (Å²) in [6.45, 7) is 1.66. The fourth-order valence-electron chi connectivity index (χ4n) is 1.70. The molecule has 0 unspecified atom stereocenters. The van der Waals surface area contributed by atoms with E-state index in [0.29, 0.717) is 11.1 Å². The van der Waals surface area contributed by atoms with Crippen molar-refractivity contribution in [1.82, 2.24) is 0 Å². The first-order chi connectivity index (χ1) is 9.83. The summed E-state index contributed by atoms with van der Waals surface area (Å²) >= 11 is 2.99. The Bertz CT molecular complexity index is 845. The molecule has 0 atom stereocenters. The van der Waals surface area contributed by atoms with Crippen molar-refractivity contribution in [1.29, 1.82) is 5.26 Å². The number of nitriles is 1. The molecule has 2 rings (SSSR count). The van der Waals surface area contributed by atoms with E-state index in [1.165, 1.54) is 30.3 Å². The summed E-state index contributed by atoms with van der Waals surface area (Å²) in [5.41, 5.74) is 1.23. The maximum absolute atomic E-state index is 13.1. The van der Waals surface area contributed by atoms with Gasteiger partial charge >= 0.3 is 0 Å². The van der Waals surface area contributed by atoms with Crippen molar-refractivity contribution in [3.8, 4) is 6.07 Å². The molecule has 0 amide bonds. The highest BCUT2D eigenvalue weighted by molar-refractivity contribution is 9.10. The zero-order valence-corrected chi connectivity index (χ0v) is 13.3. The third-order valence-electron chi connectivity index (χ3n) is 2.80. The van der Waals surface area contributed by atoms with Crippen LogP contribution >= 0.6 is 15.9 Å². The molecule has 0 saturated heterocycles. The molecule has 0 aliphatic heterocycles. The predicted molar refractivity (Wildman–Crippen MR) is 80.8 cm³/mol. The van der Waals surface area contributed by atoms with E-state index in [-0.39, 0.29) is 15.1 Å². The summed E-state index contributed by atoms with van der Waals surface area (Å²) < 4.78 is 40.2. The van der Waals surface area contributed by atoms with Crippen LogP contribution in [0.5, 0.6) is 0 Å². The van der Waals surface area contributed by atoms with Crippen LogP contribution < -0.4 is 4.72 Å². The summed E-state index contributed by atoms with van der Waals surface area (Å²) in [4.78, 5) is 0.0412. The first-order valence-electron chi connectivity index (χ1n) is 5.82. The Morgan fingerprint density at radius 1 is 1.24 bits per heavy atom. The fraction of sp³-hybridized carbons (Fsp3) is 0.0714. The van der Waals surface area contributed by atoms with Gasteiger partial charge in [-0.25, -0.2) is 12.8 Å². The molecular formula is C14H10BrFN2O2S. The second-order valence-electron chi connectivity index (χ2n) is 4.32. The van der Waals surface area contributed by atoms with Gasteiger partial charge in [0.05, 0.1) is 26.7 Å². The maximum Gasteiger partial charge on any atom is 0.261 e. The maximum atomic E-state index is 13.1. The second-order valence-corrected chi connectivity index (χ2v) is 6.86. The van der Waals surface area contributed by atoms with Gasteiger partial charge in [0, 0.05) is 0 Å². The summed E-state index contributed by atoms with van der Waals surface area (Å²) in [5.74, 6) is -0.479. The van der Waals surface area contributed by atoms with Crippen LogP contribution in [0.1, 0.15) is 11.1 Å². The Kier molecular flexibility index (Phi) is 4.30. The number of nitrogens with zero attached hydrogens (tertiary/aromatic N) is 1. The van der Waals surface area contributed by atoms with Crippen molar-refractivity contribution in [3.63, 3.8) is 0 Å². The van der Waals surface area contributed by atoms with Gasteiger partial charge in [-0.1, -0.05) is 0 Å². The lowest BCUT2D eigenvalue weighted by atomic mass is 10.1. The molecule has 0 aliphatic rings. The summed E-state index contributed by atoms with van der Waals surface area (Å²) in [7, 11) is -3.79. The molecule has 21 heavy (non-hydrogen) atoms. The Hall–Kier alpha value is -1.91. The highest BCUT2D eigenvalue weighted by Gasteiger charge is 2.16. The van der Waals surface area contributed by atoms with Crippen LogP contribution in [0.15, 0.2) is 45.8 Å². The SMILES string of the molecule is Cc1cc(S(=O)(=O)Nc2ccc(F)c(Br)c2)ccc1C#N. The lowest BCUT2D eigenvalue weighted by Gasteiger charge is -2.09. The smallest absolute Gasteiger partial charge is 0.261 e. The Morgan fingerprint density at radius 3 is 2.52 bits per heavy atom. The minimum absolute atomic E-state index is 0.0412. The number of rotatable bonds is 3. The van der Waals surface area contributed by atoms with Crippen LogP contribution in [0.2, 0.25) is 0 Å². The van der Waals surface area contributed by atoms with E-state index in [1.54, 1.807) is 6.92 Å². The Morgan fingerprint density at radius 2 is 1.95 bits per heavy atom. The van der Waals surface area contributed by atoms with Crippen LogP contribution in [-0.4, -0.2) is 8.42 Å². The number of hydrogen-bond acceptors (Lipinski definition) is 3. The van der Waals surface area contributed by atoms with E-state index in [0.717, 1.165) is 6.07 Å². The summed E-state index contributed by atoms with van der Waals surface area (Å²) in [6, 6.07) is 10.0. The van der Waals surface area contributed by atoms with Crippen molar-refractivity contribution in [2.45, 2.75) is 11.8 Å². The lowest BCUT2D eigenvalue weighted by Crippen LogP contribution is -2.13. The molecule has 0 aliphatic carbocycles. The molecular weight excluding hydrogens is 359 g/mol. The lowest BCUT2D eigenvalue weighted by molar-refractivity contribution is 0.600. The van der Waals surface area contributed by atoms with Crippen molar-refractivity contribution in [3.05, 3.63) is 57.8 Å². The molecule has 0 saturated carbocycles. The Balaban J connectivity index is 2.36. The van der Waals surface area contributed by atoms with Gasteiger partial charge < -0.3 is 0 Å². The van der Waals surface area contributed by atoms with Crippen molar-refractivity contribution < 1.29 is 12.8 Å². The molecule has 0 bridgehead atoms. The second kappa shape index (κ2) is 5.84. The predicted octanol–water partition coefficient (Wildman–Crippen LogP) is 3.57. The molecule has 108 valence electrons. The molecule has 0 aromatic heterocycles. The number of anilines is 1. The van der Waals surface area contributed by atoms with Gasteiger partial charge in [0.1, 0.15) is 5.82 Å². The topological polar surface area (TPSA) is 70.0 Å². The van der Waals surface area contributed by atoms with Crippen molar-refractivity contribution in [2.75, 3.05) is 4.72 Å². The highest BCUT2D eigenvalue weighted by Crippen LogP contribution is 2.23. The van der Waals surface area contributed by atoms with E-state index in [4.69, 9.17) is 5.26 Å². The van der Waals surface area contributed by atoms with Gasteiger partial charge in [-0.15, -0.1) is 0 Å². The van der Waals surface area contributed by atoms with Crippen LogP contribution in [-0.2, 0) is 10.0 Å². The number of benzene rings is 2. The quantitative estimate of drug-likeness (QED) is 0.899. The molecule has 2 aromatic carbocycles. The van der Waals surface area contributed by atoms with Crippen LogP contribution in [0.4, 0.5) is 10.1 Å². The zero-order valence-electron chi connectivity index (χ0n) is 10.9. The molecule has 2 aromatic rings. The van der Waals surface area contributed by atoms with Gasteiger partial charge in [-0.05, 0) is 64.8 Å². The van der Waals surface area contributed by atoms with Crippen LogP contribution in [0, 0.1) is 24.1 Å². The third kappa shape index (κ3) is 3.40. The number of sulfonamides is 1. The van der Waals surface area contributed by atoms with Crippen LogP contribution in [0.3, 0.4) is 0 Å². The van der Waals surface area contributed by atoms with E-state index in [2.05, 4.69) is 20.7 Å². The average molecular weight is 369 g/mol. The van der Waals surface area contributed by atoms with Crippen molar-refractivity contribution in [2.24, 2.45) is 0 Å². The summed E-state index contributed by atoms with van der Waals surface area (Å²) in [6.07, 6.45) is 0. The number of halogens is 2. The van der Waals surface area contributed by atoms with Crippen LogP contribution in [0.25, 0.3) is 0 Å². The van der Waals surface area contributed by atoms with E-state index in [1.807, 2.05) is 6.07 Å². The fourth-order valence-corrected chi connectivity index (χ4v) is 3.22. The molecule has 0 radical (unpaired) electrons. The standard InChI is InChI=1S/C14H10BrFN2O2S/c1-9-6-12(4-2-10(9)8-17)21(19,20)18-11-3-5-14(16)13(15)7-11/h2-7,18H,1H3. The first kappa shape index (κ1) is 15.5. The van der Waals surface area contributed by atoms with E-state index in [9.17, 15) is 12.8 Å². The largest absolute Gasteiger partial charge is 0.280 e. The number of nitrogens with one attached hydrogen (secondary N) is 1. The minimum Gasteiger partial charge on any atom is -0.280 e. The molecule has 0 fully saturated rings. The number of aryl methyl sites for hydroxylation is 1. The normalized spacial score (nSPS) is 11.0. The molecule has 0 heterocycles. The highest BCUT2D eigenvalue weighted by atomic mass is 79.9. The van der Waals surface area contributed by atoms with E-state index >= 15 is 0 Å². The average Bonchev–Trinajstić information content (AvgIpc) is 2.42. The van der Waals surface area contributed by atoms with Gasteiger partial charge in [-0.3, -0.25) is 4.72 Å².